The summed E-state index contributed by atoms with van der Waals surface area (Å²) in [7, 11) is 0. The van der Waals surface area contributed by atoms with E-state index < -0.39 is 29.0 Å². The van der Waals surface area contributed by atoms with Crippen LogP contribution >= 0.6 is 27.3 Å². The summed E-state index contributed by atoms with van der Waals surface area (Å²) < 4.78 is 40.0. The fraction of sp³-hybridized carbons (Fsp3) is 0. The molecule has 94 valence electrons. The molecule has 0 aliphatic carbocycles. The van der Waals surface area contributed by atoms with Crippen LogP contribution in [0.1, 0.15) is 10.4 Å². The van der Waals surface area contributed by atoms with Crippen molar-refractivity contribution in [3.63, 3.8) is 0 Å². The number of halogens is 4. The molecule has 0 unspecified atom stereocenters. The molecule has 0 saturated carbocycles. The van der Waals surface area contributed by atoms with Gasteiger partial charge in [-0.05, 0) is 22.0 Å². The number of hydrogen-bond donors (Lipinski definition) is 1. The molecule has 1 heterocycles. The quantitative estimate of drug-likeness (QED) is 0.876. The zero-order chi connectivity index (χ0) is 13.3. The van der Waals surface area contributed by atoms with Crippen molar-refractivity contribution < 1.29 is 18.0 Å². The van der Waals surface area contributed by atoms with Gasteiger partial charge in [0.1, 0.15) is 11.5 Å². The van der Waals surface area contributed by atoms with Crippen LogP contribution in [0.5, 0.6) is 0 Å². The van der Waals surface area contributed by atoms with Gasteiger partial charge in [-0.1, -0.05) is 0 Å². The standard InChI is InChI=1S/C11H5BrF3NOS/c12-9-1-5(4-18-9)11(17)16-10-7(14)2-6(13)3-8(10)15/h1-4H,(H,16,17). The van der Waals surface area contributed by atoms with E-state index in [1.54, 1.807) is 0 Å². The molecule has 0 atom stereocenters. The Morgan fingerprint density at radius 2 is 1.78 bits per heavy atom. The second-order valence-corrected chi connectivity index (χ2v) is 5.63. The highest BCUT2D eigenvalue weighted by atomic mass is 79.9. The van der Waals surface area contributed by atoms with Crippen LogP contribution in [-0.2, 0) is 0 Å². The first-order valence-corrected chi connectivity index (χ1v) is 6.34. The van der Waals surface area contributed by atoms with E-state index in [1.807, 2.05) is 0 Å². The van der Waals surface area contributed by atoms with E-state index in [0.29, 0.717) is 15.9 Å². The van der Waals surface area contributed by atoms with E-state index in [1.165, 1.54) is 22.8 Å². The Morgan fingerprint density at radius 3 is 2.28 bits per heavy atom. The van der Waals surface area contributed by atoms with Crippen molar-refractivity contribution in [1.29, 1.82) is 0 Å². The molecule has 1 amide bonds. The summed E-state index contributed by atoms with van der Waals surface area (Å²) in [6.45, 7) is 0. The maximum Gasteiger partial charge on any atom is 0.256 e. The van der Waals surface area contributed by atoms with Gasteiger partial charge in [-0.2, -0.15) is 0 Å². The summed E-state index contributed by atoms with van der Waals surface area (Å²) in [5, 5.41) is 3.59. The van der Waals surface area contributed by atoms with Gasteiger partial charge in [-0.3, -0.25) is 4.79 Å². The molecule has 0 aliphatic rings. The topological polar surface area (TPSA) is 29.1 Å². The molecule has 1 aromatic heterocycles. The van der Waals surface area contributed by atoms with Gasteiger partial charge in [-0.15, -0.1) is 11.3 Å². The van der Waals surface area contributed by atoms with Crippen molar-refractivity contribution in [3.8, 4) is 0 Å². The van der Waals surface area contributed by atoms with Crippen LogP contribution in [0.4, 0.5) is 18.9 Å². The number of nitrogens with one attached hydrogen (secondary N) is 1. The number of carbonyl (C=O) groups is 1. The summed E-state index contributed by atoms with van der Waals surface area (Å²) in [5.74, 6) is -4.02. The van der Waals surface area contributed by atoms with Crippen molar-refractivity contribution >= 4 is 38.9 Å². The number of rotatable bonds is 2. The highest BCUT2D eigenvalue weighted by molar-refractivity contribution is 9.11. The van der Waals surface area contributed by atoms with Crippen molar-refractivity contribution in [2.24, 2.45) is 0 Å². The van der Waals surface area contributed by atoms with Crippen LogP contribution in [0.3, 0.4) is 0 Å². The third-order valence-corrected chi connectivity index (χ3v) is 3.58. The SMILES string of the molecule is O=C(Nc1c(F)cc(F)cc1F)c1csc(Br)c1. The lowest BCUT2D eigenvalue weighted by Gasteiger charge is -2.06. The fourth-order valence-corrected chi connectivity index (χ4v) is 2.41. The molecule has 0 saturated heterocycles. The molecule has 0 bridgehead atoms. The third-order valence-electron chi connectivity index (χ3n) is 2.08. The van der Waals surface area contributed by atoms with Crippen LogP contribution in [0, 0.1) is 17.5 Å². The fourth-order valence-electron chi connectivity index (χ4n) is 1.28. The Balaban J connectivity index is 2.27. The van der Waals surface area contributed by atoms with Crippen LogP contribution in [0.15, 0.2) is 27.4 Å². The van der Waals surface area contributed by atoms with Crippen LogP contribution in [0.2, 0.25) is 0 Å². The first-order chi connectivity index (χ1) is 8.47. The first-order valence-electron chi connectivity index (χ1n) is 4.67. The molecule has 0 radical (unpaired) electrons. The number of thiophene rings is 1. The Labute approximate surface area is 113 Å². The molecule has 1 N–H and O–H groups in total. The van der Waals surface area contributed by atoms with Gasteiger partial charge in [-0.25, -0.2) is 13.2 Å². The van der Waals surface area contributed by atoms with E-state index in [-0.39, 0.29) is 5.56 Å². The Kier molecular flexibility index (Phi) is 3.72. The minimum atomic E-state index is -1.16. The molecular formula is C11H5BrF3NOS. The minimum absolute atomic E-state index is 0.259. The van der Waals surface area contributed by atoms with Gasteiger partial charge in [0.25, 0.3) is 5.91 Å². The molecule has 2 aromatic rings. The zero-order valence-corrected chi connectivity index (χ0v) is 11.0. The summed E-state index contributed by atoms with van der Waals surface area (Å²) in [6.07, 6.45) is 0. The Bertz CT molecular complexity index is 591. The van der Waals surface area contributed by atoms with Crippen LogP contribution < -0.4 is 5.32 Å². The zero-order valence-electron chi connectivity index (χ0n) is 8.64. The predicted octanol–water partition coefficient (Wildman–Crippen LogP) is 4.18. The number of benzene rings is 1. The maximum atomic E-state index is 13.3. The lowest BCUT2D eigenvalue weighted by Crippen LogP contribution is -2.13. The summed E-state index contributed by atoms with van der Waals surface area (Å²) in [5.41, 5.74) is -0.404. The van der Waals surface area contributed by atoms with E-state index in [9.17, 15) is 18.0 Å². The second kappa shape index (κ2) is 5.11. The van der Waals surface area contributed by atoms with Gasteiger partial charge >= 0.3 is 0 Å². The molecule has 2 rings (SSSR count). The predicted molar refractivity (Wildman–Crippen MR) is 66.3 cm³/mol. The van der Waals surface area contributed by atoms with Crippen LogP contribution in [-0.4, -0.2) is 5.91 Å². The lowest BCUT2D eigenvalue weighted by molar-refractivity contribution is 0.102. The molecule has 0 spiro atoms. The van der Waals surface area contributed by atoms with Gasteiger partial charge in [0.2, 0.25) is 0 Å². The summed E-state index contributed by atoms with van der Waals surface area (Å²) >= 11 is 4.43. The molecule has 0 aliphatic heterocycles. The Hall–Kier alpha value is -1.34. The van der Waals surface area contributed by atoms with Crippen molar-refractivity contribution in [2.45, 2.75) is 0 Å². The van der Waals surface area contributed by atoms with Gasteiger partial charge in [0, 0.05) is 17.5 Å². The third kappa shape index (κ3) is 2.73. The molecule has 18 heavy (non-hydrogen) atoms. The summed E-state index contributed by atoms with van der Waals surface area (Å²) in [4.78, 5) is 11.7. The van der Waals surface area contributed by atoms with Gasteiger partial charge in [0.05, 0.1) is 9.35 Å². The number of hydrogen-bond acceptors (Lipinski definition) is 2. The van der Waals surface area contributed by atoms with Gasteiger partial charge < -0.3 is 5.32 Å². The van der Waals surface area contributed by atoms with E-state index in [0.717, 1.165) is 0 Å². The van der Waals surface area contributed by atoms with Gasteiger partial charge in [0.15, 0.2) is 11.6 Å². The Morgan fingerprint density at radius 1 is 1.17 bits per heavy atom. The van der Waals surface area contributed by atoms with Crippen LogP contribution in [0.25, 0.3) is 0 Å². The average Bonchev–Trinajstić information content (AvgIpc) is 2.70. The molecule has 7 heteroatoms. The highest BCUT2D eigenvalue weighted by Crippen LogP contribution is 2.24. The smallest absolute Gasteiger partial charge is 0.256 e. The van der Waals surface area contributed by atoms with Crippen molar-refractivity contribution in [2.75, 3.05) is 5.32 Å². The second-order valence-electron chi connectivity index (χ2n) is 3.34. The summed E-state index contributed by atoms with van der Waals surface area (Å²) in [6, 6.07) is 2.52. The molecule has 2 nitrogen and oxygen atoms in total. The van der Waals surface area contributed by atoms with Crippen molar-refractivity contribution in [3.05, 3.63) is 50.4 Å². The molecule has 0 fully saturated rings. The largest absolute Gasteiger partial charge is 0.317 e. The monoisotopic (exact) mass is 335 g/mol. The van der Waals surface area contributed by atoms with E-state index in [2.05, 4.69) is 21.2 Å². The lowest BCUT2D eigenvalue weighted by atomic mass is 10.2. The first kappa shape index (κ1) is 13.1. The molecule has 1 aromatic carbocycles. The number of amides is 1. The van der Waals surface area contributed by atoms with Crippen molar-refractivity contribution in [1.82, 2.24) is 0 Å². The normalized spacial score (nSPS) is 10.4. The molecular weight excluding hydrogens is 331 g/mol. The minimum Gasteiger partial charge on any atom is -0.317 e. The average molecular weight is 336 g/mol. The number of carbonyl (C=O) groups excluding carboxylic acids is 1. The maximum absolute atomic E-state index is 13.3. The van der Waals surface area contributed by atoms with E-state index >= 15 is 0 Å². The highest BCUT2D eigenvalue weighted by Gasteiger charge is 2.16. The van der Waals surface area contributed by atoms with E-state index in [4.69, 9.17) is 0 Å². The number of anilines is 1.